The zero-order valence-electron chi connectivity index (χ0n) is 9.93. The number of hydrogen-bond acceptors (Lipinski definition) is 6. The van der Waals surface area contributed by atoms with Gasteiger partial charge in [0.15, 0.2) is 5.82 Å². The highest BCUT2D eigenvalue weighted by Gasteiger charge is 2.46. The SMILES string of the molecule is Cn1nnnc1C1NCCOC12CCSCC2. The number of rotatable bonds is 1. The Kier molecular flexibility index (Phi) is 3.06. The summed E-state index contributed by atoms with van der Waals surface area (Å²) in [5.74, 6) is 3.20. The Morgan fingerprint density at radius 2 is 2.29 bits per heavy atom. The van der Waals surface area contributed by atoms with Crippen molar-refractivity contribution < 1.29 is 4.74 Å². The van der Waals surface area contributed by atoms with Gasteiger partial charge in [-0.05, 0) is 34.8 Å². The Balaban J connectivity index is 1.92. The van der Waals surface area contributed by atoms with Crippen LogP contribution in [-0.2, 0) is 11.8 Å². The predicted molar refractivity (Wildman–Crippen MR) is 64.8 cm³/mol. The first-order valence-corrected chi connectivity index (χ1v) is 7.15. The number of ether oxygens (including phenoxy) is 1. The molecule has 1 N–H and O–H groups in total. The molecule has 6 nitrogen and oxygen atoms in total. The maximum Gasteiger partial charge on any atom is 0.170 e. The van der Waals surface area contributed by atoms with Crippen molar-refractivity contribution in [2.45, 2.75) is 24.5 Å². The average molecular weight is 255 g/mol. The molecular formula is C10H17N5OS. The molecule has 2 saturated heterocycles. The number of morpholine rings is 1. The fourth-order valence-corrected chi connectivity index (χ4v) is 3.87. The number of tetrazole rings is 1. The van der Waals surface area contributed by atoms with E-state index in [9.17, 15) is 0 Å². The Labute approximate surface area is 104 Å². The van der Waals surface area contributed by atoms with Crippen LogP contribution in [0, 0.1) is 0 Å². The minimum absolute atomic E-state index is 0.105. The molecule has 0 aromatic carbocycles. The largest absolute Gasteiger partial charge is 0.372 e. The summed E-state index contributed by atoms with van der Waals surface area (Å²) in [5.41, 5.74) is -0.105. The van der Waals surface area contributed by atoms with Gasteiger partial charge in [-0.1, -0.05) is 0 Å². The number of nitrogens with one attached hydrogen (secondary N) is 1. The lowest BCUT2D eigenvalue weighted by Gasteiger charge is -2.45. The molecule has 2 aliphatic rings. The highest BCUT2D eigenvalue weighted by atomic mass is 32.2. The van der Waals surface area contributed by atoms with Crippen LogP contribution in [0.15, 0.2) is 0 Å². The average Bonchev–Trinajstić information content (AvgIpc) is 2.77. The zero-order valence-corrected chi connectivity index (χ0v) is 10.7. The van der Waals surface area contributed by atoms with Gasteiger partial charge < -0.3 is 10.1 Å². The third-order valence-corrected chi connectivity index (χ3v) is 4.60. The molecule has 94 valence electrons. The molecule has 0 bridgehead atoms. The fourth-order valence-electron chi connectivity index (χ4n) is 2.68. The van der Waals surface area contributed by atoms with Gasteiger partial charge in [0, 0.05) is 13.6 Å². The molecule has 1 unspecified atom stereocenters. The standard InChI is InChI=1S/C10H17N5OS/c1-15-9(12-13-14-15)8-10(16-5-4-11-8)2-6-17-7-3-10/h8,11H,2-7H2,1H3. The Morgan fingerprint density at radius 1 is 1.47 bits per heavy atom. The summed E-state index contributed by atoms with van der Waals surface area (Å²) in [6, 6.07) is 0.122. The summed E-state index contributed by atoms with van der Waals surface area (Å²) in [6.07, 6.45) is 2.14. The van der Waals surface area contributed by atoms with Gasteiger partial charge in [-0.2, -0.15) is 11.8 Å². The van der Waals surface area contributed by atoms with Gasteiger partial charge in [0.05, 0.1) is 18.2 Å². The molecule has 3 heterocycles. The summed E-state index contributed by atoms with van der Waals surface area (Å²) in [6.45, 7) is 1.65. The second-order valence-electron chi connectivity index (χ2n) is 4.57. The summed E-state index contributed by atoms with van der Waals surface area (Å²) < 4.78 is 7.86. The van der Waals surface area contributed by atoms with Crippen LogP contribution in [0.25, 0.3) is 0 Å². The number of thioether (sulfide) groups is 1. The van der Waals surface area contributed by atoms with Crippen LogP contribution in [0.3, 0.4) is 0 Å². The van der Waals surface area contributed by atoms with Crippen LogP contribution in [0.4, 0.5) is 0 Å². The van der Waals surface area contributed by atoms with E-state index >= 15 is 0 Å². The quantitative estimate of drug-likeness (QED) is 0.770. The van der Waals surface area contributed by atoms with E-state index in [2.05, 4.69) is 20.8 Å². The van der Waals surface area contributed by atoms with Crippen LogP contribution in [0.1, 0.15) is 24.7 Å². The van der Waals surface area contributed by atoms with E-state index in [1.165, 1.54) is 0 Å². The third kappa shape index (κ3) is 1.96. The minimum Gasteiger partial charge on any atom is -0.372 e. The predicted octanol–water partition coefficient (Wildman–Crippen LogP) is 0.137. The molecule has 17 heavy (non-hydrogen) atoms. The van der Waals surface area contributed by atoms with Gasteiger partial charge in [0.1, 0.15) is 0 Å². The van der Waals surface area contributed by atoms with Gasteiger partial charge in [-0.15, -0.1) is 5.10 Å². The Bertz CT molecular complexity index is 382. The molecule has 0 amide bonds. The van der Waals surface area contributed by atoms with Crippen molar-refractivity contribution in [2.24, 2.45) is 7.05 Å². The molecule has 1 atom stereocenters. The zero-order chi connectivity index (χ0) is 11.7. The van der Waals surface area contributed by atoms with Crippen molar-refractivity contribution in [3.05, 3.63) is 5.82 Å². The van der Waals surface area contributed by atoms with E-state index in [4.69, 9.17) is 4.74 Å². The first-order chi connectivity index (χ1) is 8.32. The minimum atomic E-state index is -0.105. The van der Waals surface area contributed by atoms with Crippen molar-refractivity contribution in [2.75, 3.05) is 24.7 Å². The fraction of sp³-hybridized carbons (Fsp3) is 0.900. The van der Waals surface area contributed by atoms with Crippen molar-refractivity contribution >= 4 is 11.8 Å². The van der Waals surface area contributed by atoms with E-state index in [0.29, 0.717) is 0 Å². The highest BCUT2D eigenvalue weighted by molar-refractivity contribution is 7.99. The molecular weight excluding hydrogens is 238 g/mol. The van der Waals surface area contributed by atoms with E-state index in [1.54, 1.807) is 4.68 Å². The maximum atomic E-state index is 6.11. The normalized spacial score (nSPS) is 28.4. The summed E-state index contributed by atoms with van der Waals surface area (Å²) in [4.78, 5) is 0. The van der Waals surface area contributed by atoms with Gasteiger partial charge in [0.2, 0.25) is 0 Å². The van der Waals surface area contributed by atoms with Gasteiger partial charge in [0.25, 0.3) is 0 Å². The number of hydrogen-bond donors (Lipinski definition) is 1. The second kappa shape index (κ2) is 4.55. The molecule has 1 spiro atoms. The second-order valence-corrected chi connectivity index (χ2v) is 5.80. The van der Waals surface area contributed by atoms with Crippen molar-refractivity contribution in [3.63, 3.8) is 0 Å². The molecule has 0 aliphatic carbocycles. The van der Waals surface area contributed by atoms with E-state index in [-0.39, 0.29) is 11.6 Å². The van der Waals surface area contributed by atoms with Crippen LogP contribution in [0.5, 0.6) is 0 Å². The van der Waals surface area contributed by atoms with Crippen molar-refractivity contribution in [3.8, 4) is 0 Å². The molecule has 1 aromatic heterocycles. The topological polar surface area (TPSA) is 64.9 Å². The van der Waals surface area contributed by atoms with Crippen LogP contribution in [0.2, 0.25) is 0 Å². The van der Waals surface area contributed by atoms with Crippen LogP contribution >= 0.6 is 11.8 Å². The monoisotopic (exact) mass is 255 g/mol. The van der Waals surface area contributed by atoms with Crippen LogP contribution < -0.4 is 5.32 Å². The lowest BCUT2D eigenvalue weighted by atomic mass is 9.86. The summed E-state index contributed by atoms with van der Waals surface area (Å²) in [7, 11) is 1.89. The molecule has 0 saturated carbocycles. The lowest BCUT2D eigenvalue weighted by Crippen LogP contribution is -2.54. The van der Waals surface area contributed by atoms with Gasteiger partial charge in [-0.3, -0.25) is 0 Å². The Morgan fingerprint density at radius 3 is 3.00 bits per heavy atom. The first-order valence-electron chi connectivity index (χ1n) is 5.99. The van der Waals surface area contributed by atoms with Gasteiger partial charge >= 0.3 is 0 Å². The highest BCUT2D eigenvalue weighted by Crippen LogP contribution is 2.41. The molecule has 1 aromatic rings. The Hall–Kier alpha value is -0.660. The van der Waals surface area contributed by atoms with Crippen molar-refractivity contribution in [1.29, 1.82) is 0 Å². The van der Waals surface area contributed by atoms with E-state index in [0.717, 1.165) is 43.3 Å². The third-order valence-electron chi connectivity index (χ3n) is 3.62. The van der Waals surface area contributed by atoms with Gasteiger partial charge in [-0.25, -0.2) is 4.68 Å². The number of aromatic nitrogens is 4. The lowest BCUT2D eigenvalue weighted by molar-refractivity contribution is -0.106. The molecule has 3 rings (SSSR count). The molecule has 2 aliphatic heterocycles. The summed E-state index contributed by atoms with van der Waals surface area (Å²) in [5, 5.41) is 15.3. The van der Waals surface area contributed by atoms with E-state index < -0.39 is 0 Å². The smallest absolute Gasteiger partial charge is 0.170 e. The van der Waals surface area contributed by atoms with E-state index in [1.807, 2.05) is 18.8 Å². The molecule has 0 radical (unpaired) electrons. The van der Waals surface area contributed by atoms with Crippen LogP contribution in [-0.4, -0.2) is 50.5 Å². The first kappa shape index (κ1) is 11.4. The summed E-state index contributed by atoms with van der Waals surface area (Å²) >= 11 is 2.00. The molecule has 7 heteroatoms. The molecule has 2 fully saturated rings. The maximum absolute atomic E-state index is 6.11. The number of nitrogens with zero attached hydrogens (tertiary/aromatic N) is 4. The van der Waals surface area contributed by atoms with Crippen molar-refractivity contribution in [1.82, 2.24) is 25.5 Å². The number of aryl methyl sites for hydroxylation is 1.